The number of halogens is 1. The van der Waals surface area contributed by atoms with Gasteiger partial charge >= 0.3 is 0 Å². The van der Waals surface area contributed by atoms with Crippen LogP contribution in [0.5, 0.6) is 0 Å². The molecular formula is C12H18ClN3O2. The van der Waals surface area contributed by atoms with Crippen LogP contribution in [0.1, 0.15) is 30.1 Å². The molecule has 0 radical (unpaired) electrons. The molecular weight excluding hydrogens is 254 g/mol. The second kappa shape index (κ2) is 7.18. The number of rotatable bonds is 6. The van der Waals surface area contributed by atoms with Crippen molar-refractivity contribution in [3.8, 4) is 0 Å². The largest absolute Gasteiger partial charge is 0.397 e. The van der Waals surface area contributed by atoms with E-state index >= 15 is 0 Å². The monoisotopic (exact) mass is 271 g/mol. The first-order valence-corrected chi connectivity index (χ1v) is 6.17. The number of hydrogen-bond donors (Lipinski definition) is 2. The van der Waals surface area contributed by atoms with Crippen molar-refractivity contribution in [2.45, 2.75) is 25.8 Å². The molecule has 0 aliphatic rings. The molecule has 1 unspecified atom stereocenters. The third-order valence-electron chi connectivity index (χ3n) is 2.45. The number of hydrogen-bond acceptors (Lipinski definition) is 4. The van der Waals surface area contributed by atoms with Crippen LogP contribution >= 0.6 is 11.6 Å². The van der Waals surface area contributed by atoms with Crippen molar-refractivity contribution >= 4 is 23.2 Å². The Morgan fingerprint density at radius 3 is 3.00 bits per heavy atom. The normalized spacial score (nSPS) is 12.2. The maximum Gasteiger partial charge on any atom is 0.254 e. The van der Waals surface area contributed by atoms with E-state index in [1.165, 1.54) is 12.3 Å². The highest BCUT2D eigenvalue weighted by Gasteiger charge is 2.16. The summed E-state index contributed by atoms with van der Waals surface area (Å²) < 4.78 is 5.06. The maximum atomic E-state index is 12.0. The summed E-state index contributed by atoms with van der Waals surface area (Å²) in [6.07, 6.45) is 3.21. The smallest absolute Gasteiger partial charge is 0.254 e. The number of pyridine rings is 1. The predicted molar refractivity (Wildman–Crippen MR) is 71.7 cm³/mol. The molecule has 0 saturated heterocycles. The molecule has 0 aliphatic heterocycles. The summed E-state index contributed by atoms with van der Waals surface area (Å²) in [5, 5.41) is 3.01. The molecule has 1 atom stereocenters. The predicted octanol–water partition coefficient (Wildman–Crippen LogP) is 1.86. The Labute approximate surface area is 112 Å². The molecule has 18 heavy (non-hydrogen) atoms. The number of carbonyl (C=O) groups is 1. The van der Waals surface area contributed by atoms with Crippen molar-refractivity contribution in [3.63, 3.8) is 0 Å². The number of nitrogens with one attached hydrogen (secondary N) is 1. The van der Waals surface area contributed by atoms with Gasteiger partial charge < -0.3 is 15.8 Å². The first kappa shape index (κ1) is 14.7. The summed E-state index contributed by atoms with van der Waals surface area (Å²) in [4.78, 5) is 15.9. The summed E-state index contributed by atoms with van der Waals surface area (Å²) in [5.74, 6) is -0.282. The molecule has 1 aromatic rings. The van der Waals surface area contributed by atoms with Gasteiger partial charge in [0.25, 0.3) is 5.91 Å². The van der Waals surface area contributed by atoms with Gasteiger partial charge in [0, 0.05) is 7.11 Å². The number of nitrogens with two attached hydrogens (primary N) is 1. The lowest BCUT2D eigenvalue weighted by Crippen LogP contribution is -2.38. The lowest BCUT2D eigenvalue weighted by atomic mass is 10.1. The molecule has 1 amide bonds. The number of ether oxygens (including phenoxy) is 1. The number of anilines is 1. The summed E-state index contributed by atoms with van der Waals surface area (Å²) in [5.41, 5.74) is 6.28. The quantitative estimate of drug-likeness (QED) is 0.774. The number of carbonyl (C=O) groups excluding carboxylic acids is 1. The van der Waals surface area contributed by atoms with Gasteiger partial charge in [-0.2, -0.15) is 0 Å². The zero-order chi connectivity index (χ0) is 13.5. The van der Waals surface area contributed by atoms with Gasteiger partial charge in [0.1, 0.15) is 5.15 Å². The minimum atomic E-state index is -0.282. The van der Waals surface area contributed by atoms with Gasteiger partial charge in [0.2, 0.25) is 0 Å². The zero-order valence-electron chi connectivity index (χ0n) is 10.6. The van der Waals surface area contributed by atoms with Crippen LogP contribution in [0.25, 0.3) is 0 Å². The summed E-state index contributed by atoms with van der Waals surface area (Å²) >= 11 is 5.87. The highest BCUT2D eigenvalue weighted by molar-refractivity contribution is 6.32. The van der Waals surface area contributed by atoms with Crippen molar-refractivity contribution in [3.05, 3.63) is 23.0 Å². The van der Waals surface area contributed by atoms with Gasteiger partial charge in [-0.25, -0.2) is 4.98 Å². The number of methoxy groups -OCH3 is 1. The van der Waals surface area contributed by atoms with Gasteiger partial charge in [-0.05, 0) is 12.5 Å². The van der Waals surface area contributed by atoms with Gasteiger partial charge in [-0.1, -0.05) is 24.9 Å². The average molecular weight is 272 g/mol. The molecule has 0 fully saturated rings. The second-order valence-electron chi connectivity index (χ2n) is 4.02. The fraction of sp³-hybridized carbons (Fsp3) is 0.500. The molecule has 6 heteroatoms. The Morgan fingerprint density at radius 2 is 2.39 bits per heavy atom. The molecule has 5 nitrogen and oxygen atoms in total. The van der Waals surface area contributed by atoms with Gasteiger partial charge in [0.15, 0.2) is 0 Å². The van der Waals surface area contributed by atoms with E-state index in [0.717, 1.165) is 12.8 Å². The van der Waals surface area contributed by atoms with Gasteiger partial charge in [-0.3, -0.25) is 4.79 Å². The first-order chi connectivity index (χ1) is 8.58. The summed E-state index contributed by atoms with van der Waals surface area (Å²) in [7, 11) is 1.60. The van der Waals surface area contributed by atoms with Crippen LogP contribution in [-0.2, 0) is 4.74 Å². The summed E-state index contributed by atoms with van der Waals surface area (Å²) in [6.45, 7) is 2.51. The molecule has 100 valence electrons. The van der Waals surface area contributed by atoms with E-state index in [-0.39, 0.29) is 22.7 Å². The Morgan fingerprint density at radius 1 is 1.67 bits per heavy atom. The van der Waals surface area contributed by atoms with Crippen LogP contribution in [0, 0.1) is 0 Å². The topological polar surface area (TPSA) is 77.2 Å². The Bertz CT molecular complexity index is 406. The maximum absolute atomic E-state index is 12.0. The second-order valence-corrected chi connectivity index (χ2v) is 4.38. The molecule has 1 heterocycles. The highest BCUT2D eigenvalue weighted by atomic mass is 35.5. The molecule has 3 N–H and O–H groups in total. The van der Waals surface area contributed by atoms with Crippen molar-refractivity contribution in [2.24, 2.45) is 0 Å². The lowest BCUT2D eigenvalue weighted by Gasteiger charge is -2.17. The van der Waals surface area contributed by atoms with E-state index in [4.69, 9.17) is 22.1 Å². The standard InChI is InChI=1S/C12H18ClN3O2/c1-3-4-9(7-18-2)16-12(17)10-5-8(14)6-15-11(10)13/h5-6,9H,3-4,7,14H2,1-2H3,(H,16,17). The molecule has 1 rings (SSSR count). The summed E-state index contributed by atoms with van der Waals surface area (Å²) in [6, 6.07) is 1.48. The fourth-order valence-corrected chi connectivity index (χ4v) is 1.82. The van der Waals surface area contributed by atoms with Gasteiger partial charge in [-0.15, -0.1) is 0 Å². The SMILES string of the molecule is CCCC(COC)NC(=O)c1cc(N)cnc1Cl. The lowest BCUT2D eigenvalue weighted by molar-refractivity contribution is 0.0891. The Balaban J connectivity index is 2.76. The van der Waals surface area contributed by atoms with Gasteiger partial charge in [0.05, 0.1) is 30.1 Å². The average Bonchev–Trinajstić information content (AvgIpc) is 2.33. The van der Waals surface area contributed by atoms with Crippen LogP contribution < -0.4 is 11.1 Å². The minimum absolute atomic E-state index is 0.0370. The van der Waals surface area contributed by atoms with Crippen LogP contribution in [0.15, 0.2) is 12.3 Å². The number of amides is 1. The van der Waals surface area contributed by atoms with Crippen molar-refractivity contribution in [1.82, 2.24) is 10.3 Å². The molecule has 0 aliphatic carbocycles. The van der Waals surface area contributed by atoms with E-state index in [2.05, 4.69) is 10.3 Å². The third-order valence-corrected chi connectivity index (χ3v) is 2.75. The first-order valence-electron chi connectivity index (χ1n) is 5.79. The Hall–Kier alpha value is -1.33. The molecule has 0 spiro atoms. The van der Waals surface area contributed by atoms with Crippen molar-refractivity contribution < 1.29 is 9.53 Å². The van der Waals surface area contributed by atoms with Crippen LogP contribution in [0.2, 0.25) is 5.15 Å². The van der Waals surface area contributed by atoms with E-state index in [0.29, 0.717) is 12.3 Å². The van der Waals surface area contributed by atoms with E-state index in [1.807, 2.05) is 6.92 Å². The number of nitrogen functional groups attached to an aromatic ring is 1. The Kier molecular flexibility index (Phi) is 5.88. The number of nitrogens with zero attached hydrogens (tertiary/aromatic N) is 1. The van der Waals surface area contributed by atoms with E-state index in [1.54, 1.807) is 7.11 Å². The molecule has 1 aromatic heterocycles. The van der Waals surface area contributed by atoms with Crippen LogP contribution in [-0.4, -0.2) is 30.6 Å². The fourth-order valence-electron chi connectivity index (χ4n) is 1.63. The molecule has 0 bridgehead atoms. The molecule has 0 saturated carbocycles. The van der Waals surface area contributed by atoms with E-state index in [9.17, 15) is 4.79 Å². The third kappa shape index (κ3) is 4.16. The zero-order valence-corrected chi connectivity index (χ0v) is 11.3. The van der Waals surface area contributed by atoms with Crippen LogP contribution in [0.3, 0.4) is 0 Å². The van der Waals surface area contributed by atoms with Crippen molar-refractivity contribution in [2.75, 3.05) is 19.5 Å². The number of aromatic nitrogens is 1. The molecule has 0 aromatic carbocycles. The van der Waals surface area contributed by atoms with Crippen LogP contribution in [0.4, 0.5) is 5.69 Å². The van der Waals surface area contributed by atoms with E-state index < -0.39 is 0 Å². The highest BCUT2D eigenvalue weighted by Crippen LogP contribution is 2.15. The minimum Gasteiger partial charge on any atom is -0.397 e. The van der Waals surface area contributed by atoms with Crippen molar-refractivity contribution in [1.29, 1.82) is 0 Å².